The van der Waals surface area contributed by atoms with E-state index in [1.54, 1.807) is 0 Å². The number of phosphoric acid groups is 1. The molecule has 7 nitrogen and oxygen atoms in total. The minimum absolute atomic E-state index is 0.584. The van der Waals surface area contributed by atoms with Crippen LogP contribution in [-0.2, 0) is 18.4 Å². The summed E-state index contributed by atoms with van der Waals surface area (Å²) in [6.07, 6.45) is 0. The average molecular weight is 600 g/mol. The average Bonchev–Trinajstić information content (AvgIpc) is 3.11. The van der Waals surface area contributed by atoms with Crippen molar-refractivity contribution in [2.24, 2.45) is 0 Å². The Balaban J connectivity index is 1.27. The van der Waals surface area contributed by atoms with E-state index in [4.69, 9.17) is 13.9 Å². The zero-order chi connectivity index (χ0) is 30.0. The standard InChI is InChI=1S/C36H30N3O4P/c40-44(41-37-34-25-13-10-22-31(34)28-16-4-1-5-17-28,42-38-35-26-14-11-23-32(35)29-18-6-2-7-19-29)43-39-36-27-15-12-24-33(36)30-20-8-3-9-21-30/h1-27,37-39H. The molecule has 0 bridgehead atoms. The van der Waals surface area contributed by atoms with Crippen LogP contribution in [0.5, 0.6) is 0 Å². The molecule has 0 fully saturated rings. The monoisotopic (exact) mass is 599 g/mol. The van der Waals surface area contributed by atoms with Crippen molar-refractivity contribution in [3.05, 3.63) is 164 Å². The molecule has 0 spiro atoms. The van der Waals surface area contributed by atoms with Gasteiger partial charge in [0.2, 0.25) is 0 Å². The lowest BCUT2D eigenvalue weighted by atomic mass is 10.0. The highest BCUT2D eigenvalue weighted by atomic mass is 31.2. The van der Waals surface area contributed by atoms with Crippen LogP contribution in [-0.4, -0.2) is 0 Å². The Bertz CT molecular complexity index is 1640. The van der Waals surface area contributed by atoms with Gasteiger partial charge in [0.25, 0.3) is 0 Å². The minimum Gasteiger partial charge on any atom is -0.255 e. The van der Waals surface area contributed by atoms with Crippen molar-refractivity contribution in [1.82, 2.24) is 0 Å². The molecule has 0 radical (unpaired) electrons. The van der Waals surface area contributed by atoms with Gasteiger partial charge in [0.05, 0.1) is 17.1 Å². The number of benzene rings is 6. The van der Waals surface area contributed by atoms with Gasteiger partial charge in [-0.15, -0.1) is 0 Å². The van der Waals surface area contributed by atoms with Crippen LogP contribution in [0.3, 0.4) is 0 Å². The fourth-order valence-corrected chi connectivity index (χ4v) is 5.44. The summed E-state index contributed by atoms with van der Waals surface area (Å²) in [6.45, 7) is 0. The van der Waals surface area contributed by atoms with Gasteiger partial charge < -0.3 is 0 Å². The Labute approximate surface area is 256 Å². The van der Waals surface area contributed by atoms with E-state index in [2.05, 4.69) is 16.4 Å². The number of anilines is 3. The summed E-state index contributed by atoms with van der Waals surface area (Å²) in [6, 6.07) is 52.1. The van der Waals surface area contributed by atoms with Crippen LogP contribution in [0.2, 0.25) is 0 Å². The predicted molar refractivity (Wildman–Crippen MR) is 177 cm³/mol. The Morgan fingerprint density at radius 3 is 0.886 bits per heavy atom. The molecule has 0 heterocycles. The maximum absolute atomic E-state index is 14.2. The molecule has 0 aliphatic carbocycles. The van der Waals surface area contributed by atoms with Gasteiger partial charge in [0.15, 0.2) is 0 Å². The summed E-state index contributed by atoms with van der Waals surface area (Å²) >= 11 is 0. The van der Waals surface area contributed by atoms with E-state index in [0.29, 0.717) is 17.1 Å². The second-order valence-corrected chi connectivity index (χ2v) is 11.2. The van der Waals surface area contributed by atoms with Crippen LogP contribution in [0.15, 0.2) is 164 Å². The van der Waals surface area contributed by atoms with Crippen molar-refractivity contribution >= 4 is 24.9 Å². The molecule has 0 aromatic heterocycles. The van der Waals surface area contributed by atoms with Crippen LogP contribution in [0.25, 0.3) is 33.4 Å². The molecule has 6 rings (SSSR count). The van der Waals surface area contributed by atoms with Gasteiger partial charge >= 0.3 is 7.82 Å². The van der Waals surface area contributed by atoms with Crippen LogP contribution >= 0.6 is 7.82 Å². The van der Waals surface area contributed by atoms with Crippen LogP contribution in [0.1, 0.15) is 0 Å². The normalized spacial score (nSPS) is 11.1. The highest BCUT2D eigenvalue weighted by Crippen LogP contribution is 2.50. The van der Waals surface area contributed by atoms with E-state index < -0.39 is 7.82 Å². The molecule has 6 aromatic carbocycles. The van der Waals surface area contributed by atoms with E-state index in [1.165, 1.54) is 0 Å². The maximum atomic E-state index is 14.2. The zero-order valence-corrected chi connectivity index (χ0v) is 24.6. The Kier molecular flexibility index (Phi) is 9.12. The Morgan fingerprint density at radius 2 is 0.591 bits per heavy atom. The second kappa shape index (κ2) is 13.9. The van der Waals surface area contributed by atoms with Crippen molar-refractivity contribution in [3.8, 4) is 33.4 Å². The van der Waals surface area contributed by atoms with Crippen molar-refractivity contribution in [2.75, 3.05) is 16.4 Å². The quantitative estimate of drug-likeness (QED) is 0.0954. The lowest BCUT2D eigenvalue weighted by Crippen LogP contribution is -2.12. The van der Waals surface area contributed by atoms with Crippen molar-refractivity contribution in [3.63, 3.8) is 0 Å². The third-order valence-corrected chi connectivity index (χ3v) is 7.78. The number of para-hydroxylation sites is 3. The Morgan fingerprint density at radius 1 is 0.341 bits per heavy atom. The van der Waals surface area contributed by atoms with E-state index in [-0.39, 0.29) is 0 Å². The highest BCUT2D eigenvalue weighted by Gasteiger charge is 2.31. The molecule has 0 amide bonds. The summed E-state index contributed by atoms with van der Waals surface area (Å²) in [5.74, 6) is 0. The van der Waals surface area contributed by atoms with Gasteiger partial charge in [-0.3, -0.25) is 16.4 Å². The largest absolute Gasteiger partial charge is 0.539 e. The molecule has 0 aliphatic heterocycles. The van der Waals surface area contributed by atoms with Gasteiger partial charge in [-0.1, -0.05) is 146 Å². The lowest BCUT2D eigenvalue weighted by Gasteiger charge is -2.21. The number of hydrogen-bond donors (Lipinski definition) is 3. The second-order valence-electron chi connectivity index (χ2n) is 9.76. The van der Waals surface area contributed by atoms with Crippen LogP contribution in [0, 0.1) is 0 Å². The van der Waals surface area contributed by atoms with Crippen LogP contribution < -0.4 is 16.4 Å². The summed E-state index contributed by atoms with van der Waals surface area (Å²) in [5.41, 5.74) is 15.7. The molecule has 6 aromatic rings. The highest BCUT2D eigenvalue weighted by molar-refractivity contribution is 7.48. The topological polar surface area (TPSA) is 80.9 Å². The molecule has 218 valence electrons. The van der Waals surface area contributed by atoms with Gasteiger partial charge in [0.1, 0.15) is 0 Å². The Hall–Kier alpha value is -5.17. The number of rotatable bonds is 12. The first-order valence-corrected chi connectivity index (χ1v) is 15.5. The number of hydrogen-bond acceptors (Lipinski definition) is 7. The van der Waals surface area contributed by atoms with Gasteiger partial charge in [-0.25, -0.2) is 4.57 Å². The third kappa shape index (κ3) is 7.06. The van der Waals surface area contributed by atoms with Crippen LogP contribution in [0.4, 0.5) is 17.1 Å². The fraction of sp³-hybridized carbons (Fsp3) is 0. The predicted octanol–water partition coefficient (Wildman–Crippen LogP) is 10.2. The van der Waals surface area contributed by atoms with E-state index in [1.807, 2.05) is 164 Å². The summed E-state index contributed by atoms with van der Waals surface area (Å²) in [5, 5.41) is 0. The summed E-state index contributed by atoms with van der Waals surface area (Å²) in [4.78, 5) is 0. The van der Waals surface area contributed by atoms with Gasteiger partial charge in [0, 0.05) is 16.7 Å². The molecule has 8 heteroatoms. The molecule has 0 saturated heterocycles. The van der Waals surface area contributed by atoms with E-state index in [0.717, 1.165) is 33.4 Å². The first kappa shape index (κ1) is 28.9. The molecular formula is C36H30N3O4P. The van der Waals surface area contributed by atoms with Crippen molar-refractivity contribution < 1.29 is 18.4 Å². The minimum atomic E-state index is -4.38. The molecule has 3 N–H and O–H groups in total. The van der Waals surface area contributed by atoms with Crippen molar-refractivity contribution in [1.29, 1.82) is 0 Å². The van der Waals surface area contributed by atoms with Gasteiger partial charge in [-0.05, 0) is 34.9 Å². The molecular weight excluding hydrogens is 569 g/mol. The van der Waals surface area contributed by atoms with E-state index >= 15 is 0 Å². The molecule has 0 atom stereocenters. The smallest absolute Gasteiger partial charge is 0.255 e. The zero-order valence-electron chi connectivity index (χ0n) is 23.7. The molecule has 0 saturated carbocycles. The van der Waals surface area contributed by atoms with Crippen molar-refractivity contribution in [2.45, 2.75) is 0 Å². The summed E-state index contributed by atoms with van der Waals surface area (Å²) < 4.78 is 31.5. The van der Waals surface area contributed by atoms with Gasteiger partial charge in [-0.2, -0.15) is 13.9 Å². The first-order chi connectivity index (χ1) is 21.7. The van der Waals surface area contributed by atoms with E-state index in [9.17, 15) is 4.57 Å². The molecule has 44 heavy (non-hydrogen) atoms. The maximum Gasteiger partial charge on any atom is 0.539 e. The first-order valence-electron chi connectivity index (χ1n) is 14.1. The number of nitrogens with one attached hydrogen (secondary N) is 3. The summed E-state index contributed by atoms with van der Waals surface area (Å²) in [7, 11) is -4.38. The third-order valence-electron chi connectivity index (χ3n) is 6.84. The molecule has 0 unspecified atom stereocenters. The molecule has 0 aliphatic rings. The fourth-order valence-electron chi connectivity index (χ4n) is 4.70. The lowest BCUT2D eigenvalue weighted by molar-refractivity contribution is 0.173. The SMILES string of the molecule is O=P(ONc1ccccc1-c1ccccc1)(ONc1ccccc1-c1ccccc1)ONc1ccccc1-c1ccccc1.